The Morgan fingerprint density at radius 2 is 1.76 bits per heavy atom. The highest BCUT2D eigenvalue weighted by atomic mass is 16.5. The van der Waals surface area contributed by atoms with Gasteiger partial charge in [0.2, 0.25) is 0 Å². The molecular formula is C19H25NO. The fourth-order valence-corrected chi connectivity index (χ4v) is 2.45. The minimum atomic E-state index is 0.291. The Labute approximate surface area is 128 Å². The van der Waals surface area contributed by atoms with Gasteiger partial charge in [0.25, 0.3) is 0 Å². The van der Waals surface area contributed by atoms with Crippen molar-refractivity contribution in [1.82, 2.24) is 0 Å². The Balaban J connectivity index is 2.09. The van der Waals surface area contributed by atoms with Gasteiger partial charge in [0.05, 0.1) is 6.61 Å². The molecule has 2 nitrogen and oxygen atoms in total. The second kappa shape index (κ2) is 7.84. The van der Waals surface area contributed by atoms with Crippen molar-refractivity contribution >= 4 is 5.69 Å². The minimum absolute atomic E-state index is 0.291. The van der Waals surface area contributed by atoms with Crippen LogP contribution in [0.5, 0.6) is 0 Å². The standard InChI is InChI=1S/C19H25NO/c1-4-16-9-11-17(12-10-16)15(2)20-19-8-6-5-7-18(19)13-14-21-3/h5-12,15,20H,4,13-14H2,1-3H3. The van der Waals surface area contributed by atoms with E-state index in [4.69, 9.17) is 4.74 Å². The van der Waals surface area contributed by atoms with Gasteiger partial charge in [0, 0.05) is 18.8 Å². The Morgan fingerprint density at radius 3 is 2.43 bits per heavy atom. The SMILES string of the molecule is CCc1ccc(C(C)Nc2ccccc2CCOC)cc1. The molecule has 0 heterocycles. The molecule has 0 aromatic heterocycles. The summed E-state index contributed by atoms with van der Waals surface area (Å²) in [6.45, 7) is 5.13. The van der Waals surface area contributed by atoms with Crippen LogP contribution in [0.2, 0.25) is 0 Å². The quantitative estimate of drug-likeness (QED) is 0.801. The van der Waals surface area contributed by atoms with Crippen LogP contribution in [0, 0.1) is 0 Å². The molecule has 112 valence electrons. The molecular weight excluding hydrogens is 258 g/mol. The number of benzene rings is 2. The summed E-state index contributed by atoms with van der Waals surface area (Å²) in [5.41, 5.74) is 5.19. The Kier molecular flexibility index (Phi) is 5.82. The third kappa shape index (κ3) is 4.33. The number of hydrogen-bond acceptors (Lipinski definition) is 2. The monoisotopic (exact) mass is 283 g/mol. The highest BCUT2D eigenvalue weighted by Gasteiger charge is 2.08. The molecule has 0 amide bonds. The third-order valence-electron chi connectivity index (χ3n) is 3.85. The Hall–Kier alpha value is -1.80. The predicted octanol–water partition coefficient (Wildman–Crippen LogP) is 4.61. The largest absolute Gasteiger partial charge is 0.384 e. The van der Waals surface area contributed by atoms with E-state index in [2.05, 4.69) is 67.7 Å². The topological polar surface area (TPSA) is 21.3 Å². The number of ether oxygens (including phenoxy) is 1. The van der Waals surface area contributed by atoms with Crippen molar-refractivity contribution in [2.45, 2.75) is 32.7 Å². The van der Waals surface area contributed by atoms with Crippen LogP contribution in [-0.4, -0.2) is 13.7 Å². The second-order valence-corrected chi connectivity index (χ2v) is 5.36. The summed E-state index contributed by atoms with van der Waals surface area (Å²) < 4.78 is 5.19. The van der Waals surface area contributed by atoms with Crippen LogP contribution in [0.15, 0.2) is 48.5 Å². The molecule has 2 aromatic carbocycles. The van der Waals surface area contributed by atoms with E-state index in [9.17, 15) is 0 Å². The average molecular weight is 283 g/mol. The van der Waals surface area contributed by atoms with Crippen molar-refractivity contribution < 1.29 is 4.74 Å². The van der Waals surface area contributed by atoms with Crippen molar-refractivity contribution in [3.05, 3.63) is 65.2 Å². The number of nitrogens with one attached hydrogen (secondary N) is 1. The summed E-state index contributed by atoms with van der Waals surface area (Å²) in [5.74, 6) is 0. The van der Waals surface area contributed by atoms with Gasteiger partial charge in [-0.2, -0.15) is 0 Å². The maximum atomic E-state index is 5.19. The normalized spacial score (nSPS) is 12.1. The molecule has 21 heavy (non-hydrogen) atoms. The number of para-hydroxylation sites is 1. The smallest absolute Gasteiger partial charge is 0.0503 e. The molecule has 0 saturated heterocycles. The van der Waals surface area contributed by atoms with Gasteiger partial charge in [0.15, 0.2) is 0 Å². The van der Waals surface area contributed by atoms with Gasteiger partial charge in [-0.15, -0.1) is 0 Å². The van der Waals surface area contributed by atoms with Crippen LogP contribution in [-0.2, 0) is 17.6 Å². The molecule has 0 saturated carbocycles. The van der Waals surface area contributed by atoms with E-state index in [1.54, 1.807) is 7.11 Å². The molecule has 0 bridgehead atoms. The van der Waals surface area contributed by atoms with E-state index in [0.29, 0.717) is 6.04 Å². The van der Waals surface area contributed by atoms with Gasteiger partial charge in [-0.25, -0.2) is 0 Å². The van der Waals surface area contributed by atoms with E-state index in [1.165, 1.54) is 22.4 Å². The first-order chi connectivity index (χ1) is 10.2. The van der Waals surface area contributed by atoms with Gasteiger partial charge < -0.3 is 10.1 Å². The summed E-state index contributed by atoms with van der Waals surface area (Å²) in [6, 6.07) is 17.6. The molecule has 0 spiro atoms. The Morgan fingerprint density at radius 1 is 1.05 bits per heavy atom. The zero-order valence-corrected chi connectivity index (χ0v) is 13.2. The molecule has 0 aliphatic heterocycles. The Bertz CT molecular complexity index is 548. The summed E-state index contributed by atoms with van der Waals surface area (Å²) in [5, 5.41) is 3.62. The molecule has 0 radical (unpaired) electrons. The maximum absolute atomic E-state index is 5.19. The first-order valence-corrected chi connectivity index (χ1v) is 7.66. The van der Waals surface area contributed by atoms with Gasteiger partial charge in [0.1, 0.15) is 0 Å². The predicted molar refractivity (Wildman–Crippen MR) is 89.9 cm³/mol. The fraction of sp³-hybridized carbons (Fsp3) is 0.368. The zero-order chi connectivity index (χ0) is 15.1. The maximum Gasteiger partial charge on any atom is 0.0503 e. The first-order valence-electron chi connectivity index (χ1n) is 7.66. The van der Waals surface area contributed by atoms with E-state index in [1.807, 2.05) is 0 Å². The number of rotatable bonds is 7. The van der Waals surface area contributed by atoms with Crippen molar-refractivity contribution in [3.8, 4) is 0 Å². The summed E-state index contributed by atoms with van der Waals surface area (Å²) in [7, 11) is 1.74. The summed E-state index contributed by atoms with van der Waals surface area (Å²) >= 11 is 0. The van der Waals surface area contributed by atoms with Crippen LogP contribution in [0.4, 0.5) is 5.69 Å². The van der Waals surface area contributed by atoms with E-state index >= 15 is 0 Å². The molecule has 2 aromatic rings. The van der Waals surface area contributed by atoms with Gasteiger partial charge in [-0.05, 0) is 42.5 Å². The van der Waals surface area contributed by atoms with Crippen molar-refractivity contribution in [1.29, 1.82) is 0 Å². The number of methoxy groups -OCH3 is 1. The van der Waals surface area contributed by atoms with Crippen LogP contribution >= 0.6 is 0 Å². The fourth-order valence-electron chi connectivity index (χ4n) is 2.45. The molecule has 2 rings (SSSR count). The third-order valence-corrected chi connectivity index (χ3v) is 3.85. The van der Waals surface area contributed by atoms with Crippen LogP contribution in [0.1, 0.15) is 36.6 Å². The van der Waals surface area contributed by atoms with Crippen molar-refractivity contribution in [3.63, 3.8) is 0 Å². The lowest BCUT2D eigenvalue weighted by atomic mass is 10.0. The van der Waals surface area contributed by atoms with Crippen molar-refractivity contribution in [2.75, 3.05) is 19.0 Å². The molecule has 0 aliphatic carbocycles. The lowest BCUT2D eigenvalue weighted by Crippen LogP contribution is -2.09. The first kappa shape index (κ1) is 15.6. The molecule has 1 unspecified atom stereocenters. The van der Waals surface area contributed by atoms with Crippen LogP contribution in [0.3, 0.4) is 0 Å². The van der Waals surface area contributed by atoms with Gasteiger partial charge in [-0.3, -0.25) is 0 Å². The molecule has 1 N–H and O–H groups in total. The van der Waals surface area contributed by atoms with Crippen LogP contribution in [0.25, 0.3) is 0 Å². The number of aryl methyl sites for hydroxylation is 1. The molecule has 0 aliphatic rings. The van der Waals surface area contributed by atoms with Gasteiger partial charge >= 0.3 is 0 Å². The average Bonchev–Trinajstić information content (AvgIpc) is 2.54. The van der Waals surface area contributed by atoms with Gasteiger partial charge in [-0.1, -0.05) is 49.4 Å². The van der Waals surface area contributed by atoms with Crippen molar-refractivity contribution in [2.24, 2.45) is 0 Å². The molecule has 2 heteroatoms. The zero-order valence-electron chi connectivity index (χ0n) is 13.2. The minimum Gasteiger partial charge on any atom is -0.384 e. The summed E-state index contributed by atoms with van der Waals surface area (Å²) in [6.07, 6.45) is 2.02. The van der Waals surface area contributed by atoms with E-state index in [0.717, 1.165) is 19.4 Å². The highest BCUT2D eigenvalue weighted by molar-refractivity contribution is 5.52. The lowest BCUT2D eigenvalue weighted by Gasteiger charge is -2.19. The van der Waals surface area contributed by atoms with E-state index in [-0.39, 0.29) is 0 Å². The number of hydrogen-bond donors (Lipinski definition) is 1. The highest BCUT2D eigenvalue weighted by Crippen LogP contribution is 2.23. The molecule has 0 fully saturated rings. The number of anilines is 1. The summed E-state index contributed by atoms with van der Waals surface area (Å²) in [4.78, 5) is 0. The second-order valence-electron chi connectivity index (χ2n) is 5.36. The lowest BCUT2D eigenvalue weighted by molar-refractivity contribution is 0.202. The van der Waals surface area contributed by atoms with Crippen LogP contribution < -0.4 is 5.32 Å². The van der Waals surface area contributed by atoms with E-state index < -0.39 is 0 Å². The molecule has 1 atom stereocenters.